The summed E-state index contributed by atoms with van der Waals surface area (Å²) in [6.07, 6.45) is 4.71. The molecule has 0 spiro atoms. The molecule has 1 N–H and O–H groups in total. The molecule has 3 nitrogen and oxygen atoms in total. The molecule has 0 radical (unpaired) electrons. The molecule has 1 amide bonds. The van der Waals surface area contributed by atoms with Crippen molar-refractivity contribution < 1.29 is 9.36 Å². The molecule has 132 valence electrons. The van der Waals surface area contributed by atoms with Gasteiger partial charge in [-0.15, -0.1) is 0 Å². The summed E-state index contributed by atoms with van der Waals surface area (Å²) < 4.78 is 1.87. The highest BCUT2D eigenvalue weighted by Crippen LogP contribution is 2.22. The van der Waals surface area contributed by atoms with Gasteiger partial charge in [-0.1, -0.05) is 53.5 Å². The van der Waals surface area contributed by atoms with Crippen LogP contribution in [0.3, 0.4) is 0 Å². The predicted molar refractivity (Wildman–Crippen MR) is 106 cm³/mol. The lowest BCUT2D eigenvalue weighted by atomic mass is 10.1. The Balaban J connectivity index is 1.67. The molecule has 0 aliphatic rings. The third kappa shape index (κ3) is 4.84. The number of carbonyl (C=O) groups excluding carboxylic acids is 1. The standard InChI is InChI=1S/C21H18Cl2N2O/c1-15(21(26)24-20-13-18(22)12-19(23)14-20)25-9-7-17(8-10-25)11-16-5-3-2-4-6-16/h2-10,12-15H,11H2,1H3/p+1/t15-/m1/s1. The van der Waals surface area contributed by atoms with Crippen molar-refractivity contribution in [2.75, 3.05) is 5.32 Å². The van der Waals surface area contributed by atoms with E-state index < -0.39 is 0 Å². The maximum absolute atomic E-state index is 12.5. The Labute approximate surface area is 163 Å². The van der Waals surface area contributed by atoms with Gasteiger partial charge in [0.2, 0.25) is 6.04 Å². The van der Waals surface area contributed by atoms with E-state index in [0.29, 0.717) is 15.7 Å². The topological polar surface area (TPSA) is 33.0 Å². The Bertz CT molecular complexity index is 875. The molecule has 0 saturated carbocycles. The Kier molecular flexibility index (Phi) is 5.92. The normalized spacial score (nSPS) is 11.8. The van der Waals surface area contributed by atoms with Crippen LogP contribution in [0.15, 0.2) is 73.1 Å². The van der Waals surface area contributed by atoms with Crippen LogP contribution in [0.2, 0.25) is 10.0 Å². The number of nitrogens with one attached hydrogen (secondary N) is 1. The number of amides is 1. The highest BCUT2D eigenvalue weighted by Gasteiger charge is 2.22. The smallest absolute Gasteiger partial charge is 0.293 e. The van der Waals surface area contributed by atoms with E-state index in [-0.39, 0.29) is 11.9 Å². The van der Waals surface area contributed by atoms with E-state index in [1.54, 1.807) is 18.2 Å². The van der Waals surface area contributed by atoms with Gasteiger partial charge in [0.05, 0.1) is 0 Å². The second kappa shape index (κ2) is 8.35. The van der Waals surface area contributed by atoms with Gasteiger partial charge in [0.15, 0.2) is 12.4 Å². The van der Waals surface area contributed by atoms with Crippen LogP contribution in [0.1, 0.15) is 24.1 Å². The van der Waals surface area contributed by atoms with Crippen LogP contribution in [0, 0.1) is 0 Å². The molecule has 0 fully saturated rings. The fourth-order valence-electron chi connectivity index (χ4n) is 2.68. The van der Waals surface area contributed by atoms with Gasteiger partial charge in [-0.05, 0) is 35.7 Å². The van der Waals surface area contributed by atoms with Gasteiger partial charge in [-0.3, -0.25) is 4.79 Å². The Morgan fingerprint density at radius 2 is 1.54 bits per heavy atom. The van der Waals surface area contributed by atoms with Crippen LogP contribution in [0.5, 0.6) is 0 Å². The molecule has 26 heavy (non-hydrogen) atoms. The van der Waals surface area contributed by atoms with Gasteiger partial charge in [0, 0.05) is 34.8 Å². The highest BCUT2D eigenvalue weighted by molar-refractivity contribution is 6.35. The summed E-state index contributed by atoms with van der Waals surface area (Å²) in [6.45, 7) is 1.85. The van der Waals surface area contributed by atoms with Crippen LogP contribution in [0.25, 0.3) is 0 Å². The number of hydrogen-bond acceptors (Lipinski definition) is 1. The minimum Gasteiger partial charge on any atom is -0.320 e. The number of anilines is 1. The molecule has 5 heteroatoms. The number of hydrogen-bond donors (Lipinski definition) is 1. The zero-order valence-corrected chi connectivity index (χ0v) is 15.8. The second-order valence-electron chi connectivity index (χ2n) is 6.14. The molecule has 2 aromatic carbocycles. The van der Waals surface area contributed by atoms with Crippen molar-refractivity contribution in [2.24, 2.45) is 0 Å². The maximum atomic E-state index is 12.5. The molecule has 0 aliphatic carbocycles. The summed E-state index contributed by atoms with van der Waals surface area (Å²) >= 11 is 11.9. The molecule has 0 bridgehead atoms. The summed E-state index contributed by atoms with van der Waals surface area (Å²) in [5, 5.41) is 3.82. The van der Waals surface area contributed by atoms with Gasteiger partial charge in [-0.25, -0.2) is 0 Å². The number of rotatable bonds is 5. The fraction of sp³-hybridized carbons (Fsp3) is 0.143. The molecular formula is C21H19Cl2N2O+. The number of nitrogens with zero attached hydrogens (tertiary/aromatic N) is 1. The lowest BCUT2D eigenvalue weighted by Crippen LogP contribution is -2.44. The monoisotopic (exact) mass is 385 g/mol. The van der Waals surface area contributed by atoms with Crippen LogP contribution < -0.4 is 9.88 Å². The zero-order chi connectivity index (χ0) is 18.5. The third-order valence-corrected chi connectivity index (χ3v) is 4.57. The molecule has 1 aromatic heterocycles. The molecule has 0 unspecified atom stereocenters. The Hall–Kier alpha value is -2.36. The molecule has 1 heterocycles. The first kappa shape index (κ1) is 18.4. The van der Waals surface area contributed by atoms with Crippen LogP contribution >= 0.6 is 23.2 Å². The first-order valence-electron chi connectivity index (χ1n) is 8.32. The number of pyridine rings is 1. The van der Waals surface area contributed by atoms with E-state index in [1.165, 1.54) is 11.1 Å². The van der Waals surface area contributed by atoms with Crippen molar-refractivity contribution in [3.05, 3.63) is 94.2 Å². The fourth-order valence-corrected chi connectivity index (χ4v) is 3.21. The lowest BCUT2D eigenvalue weighted by molar-refractivity contribution is -0.705. The van der Waals surface area contributed by atoms with E-state index >= 15 is 0 Å². The summed E-state index contributed by atoms with van der Waals surface area (Å²) in [7, 11) is 0. The number of aromatic nitrogens is 1. The van der Waals surface area contributed by atoms with Crippen molar-refractivity contribution >= 4 is 34.8 Å². The van der Waals surface area contributed by atoms with Gasteiger partial charge in [0.1, 0.15) is 0 Å². The Morgan fingerprint density at radius 3 is 2.15 bits per heavy atom. The number of carbonyl (C=O) groups is 1. The van der Waals surface area contributed by atoms with Gasteiger partial charge in [-0.2, -0.15) is 4.57 Å². The van der Waals surface area contributed by atoms with Crippen LogP contribution in [0.4, 0.5) is 5.69 Å². The van der Waals surface area contributed by atoms with Crippen LogP contribution in [-0.2, 0) is 11.2 Å². The first-order valence-corrected chi connectivity index (χ1v) is 9.07. The van der Waals surface area contributed by atoms with Gasteiger partial charge >= 0.3 is 0 Å². The number of halogens is 2. The van der Waals surface area contributed by atoms with Gasteiger partial charge < -0.3 is 5.32 Å². The molecule has 3 aromatic rings. The molecule has 0 aliphatic heterocycles. The number of benzene rings is 2. The average Bonchev–Trinajstić information content (AvgIpc) is 2.62. The molecule has 1 atom stereocenters. The van der Waals surface area contributed by atoms with Crippen molar-refractivity contribution in [3.63, 3.8) is 0 Å². The maximum Gasteiger partial charge on any atom is 0.293 e. The quantitative estimate of drug-likeness (QED) is 0.610. The Morgan fingerprint density at radius 1 is 0.962 bits per heavy atom. The van der Waals surface area contributed by atoms with Crippen molar-refractivity contribution in [3.8, 4) is 0 Å². The minimum absolute atomic E-state index is 0.135. The van der Waals surface area contributed by atoms with E-state index in [2.05, 4.69) is 17.4 Å². The summed E-state index contributed by atoms with van der Waals surface area (Å²) in [5.41, 5.74) is 3.04. The average molecular weight is 386 g/mol. The summed E-state index contributed by atoms with van der Waals surface area (Å²) in [6, 6.07) is 19.0. The van der Waals surface area contributed by atoms with E-state index in [1.807, 2.05) is 54.2 Å². The lowest BCUT2D eigenvalue weighted by Gasteiger charge is -2.10. The minimum atomic E-state index is -0.362. The van der Waals surface area contributed by atoms with Crippen LogP contribution in [-0.4, -0.2) is 5.91 Å². The molecule has 3 rings (SSSR count). The van der Waals surface area contributed by atoms with E-state index in [9.17, 15) is 4.79 Å². The molecular weight excluding hydrogens is 367 g/mol. The summed E-state index contributed by atoms with van der Waals surface area (Å²) in [4.78, 5) is 12.5. The second-order valence-corrected chi connectivity index (χ2v) is 7.01. The summed E-state index contributed by atoms with van der Waals surface area (Å²) in [5.74, 6) is -0.135. The molecule has 0 saturated heterocycles. The third-order valence-electron chi connectivity index (χ3n) is 4.13. The van der Waals surface area contributed by atoms with Crippen molar-refractivity contribution in [2.45, 2.75) is 19.4 Å². The highest BCUT2D eigenvalue weighted by atomic mass is 35.5. The van der Waals surface area contributed by atoms with E-state index in [0.717, 1.165) is 6.42 Å². The van der Waals surface area contributed by atoms with Crippen molar-refractivity contribution in [1.29, 1.82) is 0 Å². The van der Waals surface area contributed by atoms with E-state index in [4.69, 9.17) is 23.2 Å². The predicted octanol–water partition coefficient (Wildman–Crippen LogP) is 5.07. The van der Waals surface area contributed by atoms with Gasteiger partial charge in [0.25, 0.3) is 5.91 Å². The largest absolute Gasteiger partial charge is 0.320 e. The zero-order valence-electron chi connectivity index (χ0n) is 14.3. The van der Waals surface area contributed by atoms with Crippen molar-refractivity contribution in [1.82, 2.24) is 0 Å². The first-order chi connectivity index (χ1) is 12.5. The SMILES string of the molecule is C[C@H](C(=O)Nc1cc(Cl)cc(Cl)c1)[n+]1ccc(Cc2ccccc2)cc1.